The quantitative estimate of drug-likeness (QED) is 0.705. The van der Waals surface area contributed by atoms with Crippen molar-refractivity contribution in [3.05, 3.63) is 27.1 Å². The van der Waals surface area contributed by atoms with E-state index in [9.17, 15) is 9.59 Å². The number of methoxy groups -OCH3 is 1. The van der Waals surface area contributed by atoms with Crippen LogP contribution in [0.15, 0.2) is 27.1 Å². The van der Waals surface area contributed by atoms with Crippen molar-refractivity contribution >= 4 is 61.2 Å². The fourth-order valence-corrected chi connectivity index (χ4v) is 3.28. The summed E-state index contributed by atoms with van der Waals surface area (Å²) in [7, 11) is 1.36. The summed E-state index contributed by atoms with van der Waals surface area (Å²) in [4.78, 5) is 22.9. The van der Waals surface area contributed by atoms with Gasteiger partial charge < -0.3 is 10.1 Å². The molecule has 0 aliphatic heterocycles. The number of benzene rings is 1. The van der Waals surface area contributed by atoms with Crippen molar-refractivity contribution in [1.29, 1.82) is 0 Å². The average Bonchev–Trinajstić information content (AvgIpc) is 2.39. The molecule has 1 amide bonds. The Morgan fingerprint density at radius 1 is 1.40 bits per heavy atom. The lowest BCUT2D eigenvalue weighted by molar-refractivity contribution is -0.140. The van der Waals surface area contributed by atoms with E-state index in [1.807, 2.05) is 25.1 Å². The van der Waals surface area contributed by atoms with Crippen molar-refractivity contribution in [3.8, 4) is 0 Å². The normalized spacial score (nSPS) is 11.8. The second-order valence-electron chi connectivity index (χ2n) is 4.07. The molecule has 1 rings (SSSR count). The van der Waals surface area contributed by atoms with E-state index in [0.717, 1.165) is 14.6 Å². The number of esters is 1. The van der Waals surface area contributed by atoms with Crippen LogP contribution in [0.4, 0.5) is 5.69 Å². The summed E-state index contributed by atoms with van der Waals surface area (Å²) >= 11 is 8.16. The minimum Gasteiger partial charge on any atom is -0.469 e. The number of ether oxygens (including phenoxy) is 1. The van der Waals surface area contributed by atoms with Crippen molar-refractivity contribution < 1.29 is 14.3 Å². The molecule has 1 unspecified atom stereocenters. The second kappa shape index (κ2) is 8.69. The Bertz CT molecular complexity index is 497. The van der Waals surface area contributed by atoms with Crippen LogP contribution < -0.4 is 5.32 Å². The Hall–Kier alpha value is -0.530. The van der Waals surface area contributed by atoms with Crippen LogP contribution in [0.5, 0.6) is 0 Å². The van der Waals surface area contributed by atoms with Crippen molar-refractivity contribution in [2.75, 3.05) is 18.2 Å². The predicted octanol–water partition coefficient (Wildman–Crippen LogP) is 3.83. The molecular weight excluding hydrogens is 410 g/mol. The Kier molecular flexibility index (Phi) is 7.61. The van der Waals surface area contributed by atoms with E-state index in [1.54, 1.807) is 0 Å². The van der Waals surface area contributed by atoms with Crippen LogP contribution in [0.1, 0.15) is 13.3 Å². The van der Waals surface area contributed by atoms with E-state index < -0.39 is 0 Å². The van der Waals surface area contributed by atoms with E-state index in [4.69, 9.17) is 0 Å². The third-order valence-corrected chi connectivity index (χ3v) is 4.70. The molecule has 0 aliphatic carbocycles. The highest BCUT2D eigenvalue weighted by Crippen LogP contribution is 2.26. The summed E-state index contributed by atoms with van der Waals surface area (Å²) in [5.41, 5.74) is 0.722. The number of hydrogen-bond donors (Lipinski definition) is 1. The molecule has 1 aromatic carbocycles. The van der Waals surface area contributed by atoms with Gasteiger partial charge in [0.1, 0.15) is 0 Å². The first-order valence-electron chi connectivity index (χ1n) is 5.85. The SMILES string of the molecule is COC(=O)CC(C)SCC(=O)Nc1ccc(Br)cc1Br. The van der Waals surface area contributed by atoms with Crippen molar-refractivity contribution in [1.82, 2.24) is 0 Å². The maximum absolute atomic E-state index is 11.8. The number of nitrogens with one attached hydrogen (secondary N) is 1. The highest BCUT2D eigenvalue weighted by Gasteiger charge is 2.12. The van der Waals surface area contributed by atoms with Gasteiger partial charge in [0, 0.05) is 14.2 Å². The second-order valence-corrected chi connectivity index (χ2v) is 7.27. The van der Waals surface area contributed by atoms with E-state index in [2.05, 4.69) is 41.9 Å². The molecule has 1 atom stereocenters. The highest BCUT2D eigenvalue weighted by molar-refractivity contribution is 9.11. The molecule has 1 N–H and O–H groups in total. The predicted molar refractivity (Wildman–Crippen MR) is 89.0 cm³/mol. The number of rotatable bonds is 6. The van der Waals surface area contributed by atoms with E-state index >= 15 is 0 Å². The molecule has 1 aromatic rings. The zero-order valence-electron chi connectivity index (χ0n) is 11.1. The molecule has 0 saturated carbocycles. The number of carbonyl (C=O) groups is 2. The molecule has 4 nitrogen and oxygen atoms in total. The van der Waals surface area contributed by atoms with Crippen molar-refractivity contribution in [2.45, 2.75) is 18.6 Å². The van der Waals surface area contributed by atoms with Gasteiger partial charge >= 0.3 is 5.97 Å². The van der Waals surface area contributed by atoms with Crippen LogP contribution in [0.25, 0.3) is 0 Å². The molecule has 110 valence electrons. The molecule has 0 radical (unpaired) electrons. The number of thioether (sulfide) groups is 1. The fourth-order valence-electron chi connectivity index (χ4n) is 1.37. The maximum Gasteiger partial charge on any atom is 0.306 e. The summed E-state index contributed by atoms with van der Waals surface area (Å²) < 4.78 is 6.33. The van der Waals surface area contributed by atoms with E-state index in [1.165, 1.54) is 18.9 Å². The largest absolute Gasteiger partial charge is 0.469 e. The number of carbonyl (C=O) groups excluding carboxylic acids is 2. The molecule has 20 heavy (non-hydrogen) atoms. The highest BCUT2D eigenvalue weighted by atomic mass is 79.9. The molecule has 0 fully saturated rings. The Morgan fingerprint density at radius 2 is 2.10 bits per heavy atom. The minimum atomic E-state index is -0.263. The third-order valence-electron chi connectivity index (χ3n) is 2.39. The summed E-state index contributed by atoms with van der Waals surface area (Å²) in [5, 5.41) is 2.86. The topological polar surface area (TPSA) is 55.4 Å². The van der Waals surface area contributed by atoms with Crippen molar-refractivity contribution in [2.24, 2.45) is 0 Å². The maximum atomic E-state index is 11.8. The standard InChI is InChI=1S/C13H15Br2NO3S/c1-8(5-13(18)19-2)20-7-12(17)16-11-4-3-9(14)6-10(11)15/h3-4,6,8H,5,7H2,1-2H3,(H,16,17). The van der Waals surface area contributed by atoms with Gasteiger partial charge in [-0.15, -0.1) is 11.8 Å². The summed E-state index contributed by atoms with van der Waals surface area (Å²) in [5.74, 6) is -0.0727. The number of anilines is 1. The molecule has 0 spiro atoms. The first-order valence-corrected chi connectivity index (χ1v) is 8.49. The molecule has 0 aliphatic rings. The third kappa shape index (κ3) is 6.28. The first-order chi connectivity index (χ1) is 9.42. The zero-order valence-corrected chi connectivity index (χ0v) is 15.1. The molecular formula is C13H15Br2NO3S. The van der Waals surface area contributed by atoms with Gasteiger partial charge in [-0.2, -0.15) is 0 Å². The van der Waals surface area contributed by atoms with Crippen LogP contribution in [-0.2, 0) is 14.3 Å². The molecule has 7 heteroatoms. The summed E-state index contributed by atoms with van der Waals surface area (Å²) in [6, 6.07) is 5.53. The van der Waals surface area contributed by atoms with Crippen LogP contribution in [0.3, 0.4) is 0 Å². The van der Waals surface area contributed by atoms with Gasteiger partial charge in [-0.3, -0.25) is 9.59 Å². The van der Waals surface area contributed by atoms with Gasteiger partial charge in [-0.1, -0.05) is 22.9 Å². The number of amides is 1. The molecule has 0 bridgehead atoms. The van der Waals surface area contributed by atoms with Crippen LogP contribution >= 0.6 is 43.6 Å². The van der Waals surface area contributed by atoms with Crippen LogP contribution in [0, 0.1) is 0 Å². The fraction of sp³-hybridized carbons (Fsp3) is 0.385. The number of halogens is 2. The molecule has 0 aromatic heterocycles. The monoisotopic (exact) mass is 423 g/mol. The van der Waals surface area contributed by atoms with Crippen LogP contribution in [0.2, 0.25) is 0 Å². The Morgan fingerprint density at radius 3 is 2.70 bits per heavy atom. The van der Waals surface area contributed by atoms with Gasteiger partial charge in [0.25, 0.3) is 0 Å². The lowest BCUT2D eigenvalue weighted by atomic mass is 10.3. The summed E-state index contributed by atoms with van der Waals surface area (Å²) in [6.07, 6.45) is 0.302. The number of hydrogen-bond acceptors (Lipinski definition) is 4. The minimum absolute atomic E-state index is 0.0431. The smallest absolute Gasteiger partial charge is 0.306 e. The van der Waals surface area contributed by atoms with Gasteiger partial charge in [-0.25, -0.2) is 0 Å². The first kappa shape index (κ1) is 17.5. The Labute approximate surface area is 139 Å². The lowest BCUT2D eigenvalue weighted by Gasteiger charge is -2.11. The molecule has 0 saturated heterocycles. The summed E-state index contributed by atoms with van der Waals surface area (Å²) in [6.45, 7) is 1.89. The zero-order chi connectivity index (χ0) is 15.1. The molecule has 0 heterocycles. The lowest BCUT2D eigenvalue weighted by Crippen LogP contribution is -2.17. The van der Waals surface area contributed by atoms with Gasteiger partial charge in [0.2, 0.25) is 5.91 Å². The van der Waals surface area contributed by atoms with E-state index in [-0.39, 0.29) is 17.1 Å². The Balaban J connectivity index is 2.42. The van der Waals surface area contributed by atoms with Crippen molar-refractivity contribution in [3.63, 3.8) is 0 Å². The van der Waals surface area contributed by atoms with Gasteiger partial charge in [0.15, 0.2) is 0 Å². The van der Waals surface area contributed by atoms with E-state index in [0.29, 0.717) is 12.2 Å². The van der Waals surface area contributed by atoms with Gasteiger partial charge in [0.05, 0.1) is 25.0 Å². The average molecular weight is 425 g/mol. The van der Waals surface area contributed by atoms with Gasteiger partial charge in [-0.05, 0) is 34.1 Å². The van der Waals surface area contributed by atoms with Crippen LogP contribution in [-0.4, -0.2) is 30.0 Å².